The molecule has 1 spiro atoms. The van der Waals surface area contributed by atoms with E-state index in [0.29, 0.717) is 43.0 Å². The second-order valence-corrected chi connectivity index (χ2v) is 8.09. The zero-order valence-corrected chi connectivity index (χ0v) is 17.5. The van der Waals surface area contributed by atoms with Gasteiger partial charge in [-0.3, -0.25) is 9.59 Å². The lowest BCUT2D eigenvalue weighted by molar-refractivity contribution is -0.114. The Morgan fingerprint density at radius 3 is 2.55 bits per heavy atom. The Labute approximate surface area is 177 Å². The van der Waals surface area contributed by atoms with Gasteiger partial charge in [-0.1, -0.05) is 28.1 Å². The van der Waals surface area contributed by atoms with Crippen LogP contribution in [0.2, 0.25) is 0 Å². The molecule has 150 valence electrons. The maximum atomic E-state index is 12.8. The van der Waals surface area contributed by atoms with Gasteiger partial charge in [0.2, 0.25) is 5.91 Å². The molecule has 2 N–H and O–H groups in total. The number of carbonyl (C=O) groups excluding carboxylic acids is 2. The molecule has 0 aromatic heterocycles. The van der Waals surface area contributed by atoms with Crippen molar-refractivity contribution in [3.05, 3.63) is 64.1 Å². The first-order chi connectivity index (χ1) is 13.9. The number of nitrogens with one attached hydrogen (secondary N) is 2. The average molecular weight is 457 g/mol. The number of benzene rings is 2. The van der Waals surface area contributed by atoms with Crippen LogP contribution in [-0.2, 0) is 9.63 Å². The fraction of sp³-hybridized carbons (Fsp3) is 0.286. The highest BCUT2D eigenvalue weighted by Gasteiger charge is 2.41. The zero-order chi connectivity index (χ0) is 20.4. The van der Waals surface area contributed by atoms with Gasteiger partial charge in [0, 0.05) is 54.1 Å². The monoisotopic (exact) mass is 456 g/mol. The fourth-order valence-corrected chi connectivity index (χ4v) is 3.91. The average Bonchev–Trinajstić information content (AvgIpc) is 3.12. The largest absolute Gasteiger partial charge is 0.338 e. The summed E-state index contributed by atoms with van der Waals surface area (Å²) in [5, 5.41) is 2.70. The maximum absolute atomic E-state index is 12.8. The Kier molecular flexibility index (Phi) is 5.38. The van der Waals surface area contributed by atoms with E-state index in [-0.39, 0.29) is 11.8 Å². The van der Waals surface area contributed by atoms with Crippen LogP contribution in [0.5, 0.6) is 0 Å². The molecule has 0 atom stereocenters. The van der Waals surface area contributed by atoms with Gasteiger partial charge in [-0.25, -0.2) is 15.3 Å². The topological polar surface area (TPSA) is 83.0 Å². The molecule has 2 amide bonds. The van der Waals surface area contributed by atoms with Crippen LogP contribution >= 0.6 is 15.9 Å². The van der Waals surface area contributed by atoms with Gasteiger partial charge in [0.15, 0.2) is 11.6 Å². The van der Waals surface area contributed by atoms with Gasteiger partial charge in [-0.2, -0.15) is 0 Å². The molecule has 2 aromatic rings. The Bertz CT molecular complexity index is 966. The van der Waals surface area contributed by atoms with Crippen LogP contribution in [0.3, 0.4) is 0 Å². The smallest absolute Gasteiger partial charge is 0.253 e. The van der Waals surface area contributed by atoms with Crippen LogP contribution in [0.1, 0.15) is 35.7 Å². The summed E-state index contributed by atoms with van der Waals surface area (Å²) in [6, 6.07) is 14.8. The number of aliphatic imine (C=N–C) groups is 1. The van der Waals surface area contributed by atoms with Crippen LogP contribution in [0.4, 0.5) is 5.69 Å². The molecule has 0 radical (unpaired) electrons. The predicted molar refractivity (Wildman–Crippen MR) is 114 cm³/mol. The van der Waals surface area contributed by atoms with E-state index >= 15 is 0 Å². The van der Waals surface area contributed by atoms with Gasteiger partial charge in [-0.05, 0) is 36.4 Å². The van der Waals surface area contributed by atoms with Crippen molar-refractivity contribution in [1.29, 1.82) is 0 Å². The number of hydroxylamine groups is 1. The highest BCUT2D eigenvalue weighted by atomic mass is 79.9. The first-order valence-electron chi connectivity index (χ1n) is 9.41. The first kappa shape index (κ1) is 19.6. The summed E-state index contributed by atoms with van der Waals surface area (Å²) < 4.78 is 0.977. The Balaban J connectivity index is 1.40. The number of amides is 2. The molecule has 2 aliphatic rings. The summed E-state index contributed by atoms with van der Waals surface area (Å²) in [6.45, 7) is 2.57. The molecule has 29 heavy (non-hydrogen) atoms. The van der Waals surface area contributed by atoms with E-state index in [0.717, 1.165) is 10.0 Å². The van der Waals surface area contributed by atoms with Crippen molar-refractivity contribution in [2.75, 3.05) is 18.4 Å². The predicted octanol–water partition coefficient (Wildman–Crippen LogP) is 3.32. The van der Waals surface area contributed by atoms with Gasteiger partial charge < -0.3 is 10.2 Å². The second-order valence-electron chi connectivity index (χ2n) is 7.17. The summed E-state index contributed by atoms with van der Waals surface area (Å²) >= 11 is 3.47. The number of halogens is 1. The highest BCUT2D eigenvalue weighted by molar-refractivity contribution is 9.10. The lowest BCUT2D eigenvalue weighted by Crippen LogP contribution is -2.46. The van der Waals surface area contributed by atoms with Gasteiger partial charge in [0.1, 0.15) is 0 Å². The van der Waals surface area contributed by atoms with Crippen LogP contribution in [0.25, 0.3) is 0 Å². The number of likely N-dealkylation sites (tertiary alicyclic amines) is 1. The maximum Gasteiger partial charge on any atom is 0.253 e. The third-order valence-corrected chi connectivity index (χ3v) is 5.53. The summed E-state index contributed by atoms with van der Waals surface area (Å²) in [5.41, 5.74) is 4.54. The molecular formula is C21H21BrN4O3. The third-order valence-electron chi connectivity index (χ3n) is 5.04. The minimum Gasteiger partial charge on any atom is -0.338 e. The standard InChI is InChI=1S/C21H21BrN4O3/c1-14(27)23-18-7-5-15(6-8-18)20(28)26-11-9-21(10-12-26)24-19(25-29-21)16-3-2-4-17(22)13-16/h2-8,13H,9-12H2,1H3,(H,23,27)(H,24,25). The zero-order valence-electron chi connectivity index (χ0n) is 15.9. The molecule has 4 rings (SSSR count). The Morgan fingerprint density at radius 1 is 1.17 bits per heavy atom. The van der Waals surface area contributed by atoms with E-state index in [9.17, 15) is 9.59 Å². The van der Waals surface area contributed by atoms with E-state index in [1.54, 1.807) is 24.3 Å². The molecule has 2 heterocycles. The first-order valence-corrected chi connectivity index (χ1v) is 10.2. The third kappa shape index (κ3) is 4.33. The number of amidine groups is 1. The van der Waals surface area contributed by atoms with Crippen LogP contribution in [0, 0.1) is 0 Å². The summed E-state index contributed by atoms with van der Waals surface area (Å²) in [5.74, 6) is 0.536. The number of hydrogen-bond acceptors (Lipinski definition) is 5. The van der Waals surface area contributed by atoms with Crippen molar-refractivity contribution in [2.24, 2.45) is 4.99 Å². The molecule has 7 nitrogen and oxygen atoms in total. The van der Waals surface area contributed by atoms with E-state index in [1.165, 1.54) is 6.92 Å². The molecule has 0 unspecified atom stereocenters. The lowest BCUT2D eigenvalue weighted by Gasteiger charge is -2.35. The van der Waals surface area contributed by atoms with E-state index < -0.39 is 5.72 Å². The van der Waals surface area contributed by atoms with E-state index in [1.807, 2.05) is 29.2 Å². The molecule has 8 heteroatoms. The van der Waals surface area contributed by atoms with Crippen molar-refractivity contribution in [3.8, 4) is 0 Å². The molecule has 1 saturated heterocycles. The quantitative estimate of drug-likeness (QED) is 0.741. The normalized spacial score (nSPS) is 17.6. The van der Waals surface area contributed by atoms with Gasteiger partial charge >= 0.3 is 0 Å². The summed E-state index contributed by atoms with van der Waals surface area (Å²) in [6.07, 6.45) is 1.24. The SMILES string of the molecule is CC(=O)Nc1ccc(C(=O)N2CCC3(CC2)N=C(c2cccc(Br)c2)NO3)cc1. The van der Waals surface area contributed by atoms with Crippen molar-refractivity contribution in [2.45, 2.75) is 25.5 Å². The molecule has 2 aliphatic heterocycles. The minimum atomic E-state index is -0.635. The molecule has 2 aromatic carbocycles. The molecular weight excluding hydrogens is 436 g/mol. The van der Waals surface area contributed by atoms with Gasteiger partial charge in [0.25, 0.3) is 5.91 Å². The number of carbonyl (C=O) groups is 2. The number of hydrogen-bond donors (Lipinski definition) is 2. The van der Waals surface area contributed by atoms with Crippen molar-refractivity contribution < 1.29 is 14.4 Å². The molecule has 0 saturated carbocycles. The van der Waals surface area contributed by atoms with E-state index in [2.05, 4.69) is 26.7 Å². The fourth-order valence-electron chi connectivity index (χ4n) is 3.51. The molecule has 0 bridgehead atoms. The van der Waals surface area contributed by atoms with Crippen molar-refractivity contribution in [1.82, 2.24) is 10.4 Å². The number of nitrogens with zero attached hydrogens (tertiary/aromatic N) is 2. The minimum absolute atomic E-state index is 0.0311. The van der Waals surface area contributed by atoms with Crippen LogP contribution in [-0.4, -0.2) is 41.4 Å². The van der Waals surface area contributed by atoms with E-state index in [4.69, 9.17) is 9.83 Å². The van der Waals surface area contributed by atoms with Crippen LogP contribution in [0.15, 0.2) is 58.0 Å². The van der Waals surface area contributed by atoms with Crippen molar-refractivity contribution >= 4 is 39.3 Å². The Hall–Kier alpha value is -2.71. The number of piperidine rings is 1. The Morgan fingerprint density at radius 2 is 1.90 bits per heavy atom. The number of anilines is 1. The number of rotatable bonds is 3. The van der Waals surface area contributed by atoms with Gasteiger partial charge in [-0.15, -0.1) is 0 Å². The highest BCUT2D eigenvalue weighted by Crippen LogP contribution is 2.32. The molecule has 1 fully saturated rings. The van der Waals surface area contributed by atoms with Crippen molar-refractivity contribution in [3.63, 3.8) is 0 Å². The summed E-state index contributed by atoms with van der Waals surface area (Å²) in [4.78, 5) is 36.3. The second kappa shape index (κ2) is 7.96. The summed E-state index contributed by atoms with van der Waals surface area (Å²) in [7, 11) is 0. The van der Waals surface area contributed by atoms with Gasteiger partial charge in [0.05, 0.1) is 0 Å². The lowest BCUT2D eigenvalue weighted by atomic mass is 10.00. The molecule has 0 aliphatic carbocycles. The van der Waals surface area contributed by atoms with Crippen LogP contribution < -0.4 is 10.8 Å².